The Kier molecular flexibility index (Phi) is 6.19. The third-order valence-electron chi connectivity index (χ3n) is 3.02. The van der Waals surface area contributed by atoms with Crippen LogP contribution in [-0.4, -0.2) is 12.1 Å². The van der Waals surface area contributed by atoms with Crippen molar-refractivity contribution in [1.29, 1.82) is 0 Å². The summed E-state index contributed by atoms with van der Waals surface area (Å²) in [4.78, 5) is 4.43. The molecule has 0 aliphatic carbocycles. The molecule has 0 bridgehead atoms. The molecule has 2 rings (SSSR count). The Labute approximate surface area is 148 Å². The van der Waals surface area contributed by atoms with Crippen LogP contribution in [0.25, 0.3) is 0 Å². The molecule has 0 aliphatic rings. The molecule has 0 fully saturated rings. The molecule has 21 heavy (non-hydrogen) atoms. The third kappa shape index (κ3) is 4.26. The maximum atomic E-state index is 5.69. The Balaban J connectivity index is 2.24. The number of methoxy groups -OCH3 is 1. The van der Waals surface area contributed by atoms with Crippen molar-refractivity contribution < 1.29 is 4.74 Å². The molecule has 0 radical (unpaired) electrons. The number of benzene rings is 1. The number of pyridine rings is 1. The molecule has 1 aromatic carbocycles. The van der Waals surface area contributed by atoms with Gasteiger partial charge in [0.25, 0.3) is 0 Å². The van der Waals surface area contributed by atoms with Crippen molar-refractivity contribution in [2.45, 2.75) is 12.5 Å². The number of nitrogens with zero attached hydrogens (tertiary/aromatic N) is 1. The first kappa shape index (κ1) is 16.9. The molecule has 4 nitrogen and oxygen atoms in total. The zero-order valence-electron chi connectivity index (χ0n) is 11.2. The predicted octanol–water partition coefficient (Wildman–Crippen LogP) is 4.12. The van der Waals surface area contributed by atoms with Gasteiger partial charge in [-0.2, -0.15) is 0 Å². The minimum Gasteiger partial charge on any atom is -0.496 e. The van der Waals surface area contributed by atoms with E-state index in [2.05, 4.69) is 58.2 Å². The largest absolute Gasteiger partial charge is 0.496 e. The summed E-state index contributed by atoms with van der Waals surface area (Å²) in [5, 5.41) is 0. The van der Waals surface area contributed by atoms with Crippen LogP contribution < -0.4 is 16.0 Å². The Morgan fingerprint density at radius 2 is 2.00 bits per heavy atom. The van der Waals surface area contributed by atoms with Crippen LogP contribution in [0.15, 0.2) is 43.9 Å². The molecule has 1 heterocycles. The SMILES string of the molecule is COc1ccc(CC(NN)c2ncc(Br)cc2Br)cc1Br. The topological polar surface area (TPSA) is 60.2 Å². The van der Waals surface area contributed by atoms with Gasteiger partial charge in [0.15, 0.2) is 0 Å². The summed E-state index contributed by atoms with van der Waals surface area (Å²) >= 11 is 10.4. The summed E-state index contributed by atoms with van der Waals surface area (Å²) in [6.45, 7) is 0. The van der Waals surface area contributed by atoms with E-state index in [9.17, 15) is 0 Å². The van der Waals surface area contributed by atoms with Crippen molar-refractivity contribution in [2.75, 3.05) is 7.11 Å². The van der Waals surface area contributed by atoms with E-state index >= 15 is 0 Å². The van der Waals surface area contributed by atoms with E-state index < -0.39 is 0 Å². The van der Waals surface area contributed by atoms with Crippen LogP contribution in [0.5, 0.6) is 5.75 Å². The lowest BCUT2D eigenvalue weighted by molar-refractivity contribution is 0.412. The van der Waals surface area contributed by atoms with Crippen molar-refractivity contribution in [1.82, 2.24) is 10.4 Å². The molecule has 0 aliphatic heterocycles. The van der Waals surface area contributed by atoms with E-state index in [0.717, 1.165) is 30.4 Å². The van der Waals surface area contributed by atoms with Gasteiger partial charge in [-0.15, -0.1) is 0 Å². The van der Waals surface area contributed by atoms with Crippen LogP contribution in [0.3, 0.4) is 0 Å². The van der Waals surface area contributed by atoms with Gasteiger partial charge >= 0.3 is 0 Å². The fourth-order valence-corrected chi connectivity index (χ4v) is 3.84. The zero-order chi connectivity index (χ0) is 15.4. The predicted molar refractivity (Wildman–Crippen MR) is 94.1 cm³/mol. The fourth-order valence-electron chi connectivity index (χ4n) is 1.99. The maximum absolute atomic E-state index is 5.69. The molecule has 7 heteroatoms. The highest BCUT2D eigenvalue weighted by Gasteiger charge is 2.16. The fraction of sp³-hybridized carbons (Fsp3) is 0.214. The molecular formula is C14H14Br3N3O. The van der Waals surface area contributed by atoms with E-state index in [1.807, 2.05) is 24.3 Å². The highest BCUT2D eigenvalue weighted by molar-refractivity contribution is 9.11. The van der Waals surface area contributed by atoms with Gasteiger partial charge in [0, 0.05) is 15.1 Å². The summed E-state index contributed by atoms with van der Waals surface area (Å²) in [5.74, 6) is 6.50. The Hall–Kier alpha value is -0.470. The number of nitrogens with one attached hydrogen (secondary N) is 1. The number of hydrogen-bond acceptors (Lipinski definition) is 4. The zero-order valence-corrected chi connectivity index (χ0v) is 16.0. The average Bonchev–Trinajstić information content (AvgIpc) is 2.45. The molecule has 1 atom stereocenters. The highest BCUT2D eigenvalue weighted by Crippen LogP contribution is 2.29. The van der Waals surface area contributed by atoms with Crippen LogP contribution in [0.1, 0.15) is 17.3 Å². The molecule has 0 amide bonds. The number of hydrazine groups is 1. The van der Waals surface area contributed by atoms with Gasteiger partial charge in [0.1, 0.15) is 5.75 Å². The van der Waals surface area contributed by atoms with E-state index in [-0.39, 0.29) is 6.04 Å². The number of aromatic nitrogens is 1. The highest BCUT2D eigenvalue weighted by atomic mass is 79.9. The standard InChI is InChI=1S/C14H14Br3N3O/c1-21-13-3-2-8(4-10(13)16)5-12(20-18)14-11(17)6-9(15)7-19-14/h2-4,6-7,12,20H,5,18H2,1H3. The summed E-state index contributed by atoms with van der Waals surface area (Å²) in [5.41, 5.74) is 4.82. The third-order valence-corrected chi connectivity index (χ3v) is 4.71. The molecular weight excluding hydrogens is 466 g/mol. The quantitative estimate of drug-likeness (QED) is 0.500. The van der Waals surface area contributed by atoms with Gasteiger partial charge in [0.2, 0.25) is 0 Å². The van der Waals surface area contributed by atoms with Gasteiger partial charge < -0.3 is 4.74 Å². The molecule has 112 valence electrons. The van der Waals surface area contributed by atoms with Crippen LogP contribution in [0, 0.1) is 0 Å². The monoisotopic (exact) mass is 477 g/mol. The van der Waals surface area contributed by atoms with E-state index in [4.69, 9.17) is 10.6 Å². The van der Waals surface area contributed by atoms with Crippen LogP contribution in [-0.2, 0) is 6.42 Å². The smallest absolute Gasteiger partial charge is 0.133 e. The number of nitrogens with two attached hydrogens (primary N) is 1. The summed E-state index contributed by atoms with van der Waals surface area (Å²) in [7, 11) is 1.65. The normalized spacial score (nSPS) is 12.2. The number of halogens is 3. The molecule has 0 saturated carbocycles. The lowest BCUT2D eigenvalue weighted by Gasteiger charge is -2.17. The summed E-state index contributed by atoms with van der Waals surface area (Å²) < 4.78 is 7.98. The molecule has 0 saturated heterocycles. The van der Waals surface area contributed by atoms with E-state index in [1.54, 1.807) is 13.3 Å². The van der Waals surface area contributed by atoms with Crippen LogP contribution >= 0.6 is 47.8 Å². The second-order valence-electron chi connectivity index (χ2n) is 4.41. The first-order chi connectivity index (χ1) is 10.0. The lowest BCUT2D eigenvalue weighted by atomic mass is 10.0. The Morgan fingerprint density at radius 3 is 2.57 bits per heavy atom. The second kappa shape index (κ2) is 7.69. The van der Waals surface area contributed by atoms with Crippen molar-refractivity contribution in [3.8, 4) is 5.75 Å². The first-order valence-corrected chi connectivity index (χ1v) is 8.52. The van der Waals surface area contributed by atoms with Gasteiger partial charge in [-0.1, -0.05) is 6.07 Å². The second-order valence-corrected chi connectivity index (χ2v) is 7.04. The average molecular weight is 480 g/mol. The number of hydrogen-bond donors (Lipinski definition) is 2. The van der Waals surface area contributed by atoms with Crippen molar-refractivity contribution in [3.63, 3.8) is 0 Å². The summed E-state index contributed by atoms with van der Waals surface area (Å²) in [6, 6.07) is 7.83. The molecule has 3 N–H and O–H groups in total. The van der Waals surface area contributed by atoms with Crippen molar-refractivity contribution in [3.05, 3.63) is 55.1 Å². The molecule has 2 aromatic rings. The van der Waals surface area contributed by atoms with Crippen molar-refractivity contribution in [2.24, 2.45) is 5.84 Å². The molecule has 0 spiro atoms. The van der Waals surface area contributed by atoms with Crippen LogP contribution in [0.2, 0.25) is 0 Å². The van der Waals surface area contributed by atoms with Gasteiger partial charge in [-0.3, -0.25) is 16.3 Å². The molecule has 1 aromatic heterocycles. The van der Waals surface area contributed by atoms with E-state index in [1.165, 1.54) is 0 Å². The number of ether oxygens (including phenoxy) is 1. The summed E-state index contributed by atoms with van der Waals surface area (Å²) in [6.07, 6.45) is 2.47. The first-order valence-electron chi connectivity index (χ1n) is 6.14. The Bertz CT molecular complexity index is 637. The number of rotatable bonds is 5. The van der Waals surface area contributed by atoms with E-state index in [0.29, 0.717) is 6.42 Å². The van der Waals surface area contributed by atoms with Gasteiger partial charge in [-0.25, -0.2) is 0 Å². The minimum absolute atomic E-state index is 0.0900. The van der Waals surface area contributed by atoms with Crippen molar-refractivity contribution >= 4 is 47.8 Å². The van der Waals surface area contributed by atoms with Crippen LogP contribution in [0.4, 0.5) is 0 Å². The lowest BCUT2D eigenvalue weighted by Crippen LogP contribution is -2.30. The van der Waals surface area contributed by atoms with Gasteiger partial charge in [0.05, 0.1) is 23.3 Å². The maximum Gasteiger partial charge on any atom is 0.133 e. The molecule has 1 unspecified atom stereocenters. The minimum atomic E-state index is -0.0900. The Morgan fingerprint density at radius 1 is 1.24 bits per heavy atom. The van der Waals surface area contributed by atoms with Gasteiger partial charge in [-0.05, 0) is 78.0 Å².